The highest BCUT2D eigenvalue weighted by atomic mass is 32.2. The van der Waals surface area contributed by atoms with Gasteiger partial charge >= 0.3 is 0 Å². The van der Waals surface area contributed by atoms with Gasteiger partial charge in [0.1, 0.15) is 4.90 Å². The molecule has 1 aromatic heterocycles. The van der Waals surface area contributed by atoms with Crippen molar-refractivity contribution in [3.8, 4) is 0 Å². The molecule has 0 amide bonds. The monoisotopic (exact) mass is 324 g/mol. The van der Waals surface area contributed by atoms with Crippen LogP contribution in [0.5, 0.6) is 0 Å². The largest absolute Gasteiger partial charge is 0.387 e. The molecular weight excluding hydrogens is 304 g/mol. The third-order valence-electron chi connectivity index (χ3n) is 3.32. The van der Waals surface area contributed by atoms with Crippen molar-refractivity contribution in [1.29, 1.82) is 0 Å². The van der Waals surface area contributed by atoms with Gasteiger partial charge < -0.3 is 5.32 Å². The Morgan fingerprint density at radius 1 is 1.19 bits per heavy atom. The van der Waals surface area contributed by atoms with E-state index < -0.39 is 10.0 Å². The van der Waals surface area contributed by atoms with Gasteiger partial charge in [0, 0.05) is 22.8 Å². The minimum absolute atomic E-state index is 0.259. The molecule has 0 saturated carbocycles. The van der Waals surface area contributed by atoms with Gasteiger partial charge in [-0.15, -0.1) is 11.3 Å². The molecule has 0 spiro atoms. The second-order valence-corrected chi connectivity index (χ2v) is 8.10. The molecule has 0 saturated heterocycles. The molecule has 1 heterocycles. The van der Waals surface area contributed by atoms with Crippen molar-refractivity contribution >= 4 is 27.0 Å². The van der Waals surface area contributed by atoms with Gasteiger partial charge in [-0.1, -0.05) is 12.1 Å². The van der Waals surface area contributed by atoms with Gasteiger partial charge in [0.2, 0.25) is 10.0 Å². The van der Waals surface area contributed by atoms with Crippen LogP contribution in [0.2, 0.25) is 0 Å². The number of thiophene rings is 1. The van der Waals surface area contributed by atoms with E-state index in [1.54, 1.807) is 42.6 Å². The summed E-state index contributed by atoms with van der Waals surface area (Å²) in [6.07, 6.45) is 0. The molecule has 0 fully saturated rings. The zero-order valence-corrected chi connectivity index (χ0v) is 14.2. The third-order valence-corrected chi connectivity index (χ3v) is 5.90. The van der Waals surface area contributed by atoms with Crippen molar-refractivity contribution in [1.82, 2.24) is 4.72 Å². The highest BCUT2D eigenvalue weighted by Gasteiger charge is 2.22. The van der Waals surface area contributed by atoms with Crippen LogP contribution in [0.3, 0.4) is 0 Å². The lowest BCUT2D eigenvalue weighted by Gasteiger charge is -2.16. The summed E-state index contributed by atoms with van der Waals surface area (Å²) in [5, 5.41) is 2.91. The fraction of sp³-hybridized carbons (Fsp3) is 0.333. The fourth-order valence-electron chi connectivity index (χ4n) is 2.35. The van der Waals surface area contributed by atoms with Crippen LogP contribution >= 0.6 is 11.3 Å². The molecule has 21 heavy (non-hydrogen) atoms. The summed E-state index contributed by atoms with van der Waals surface area (Å²) in [5.74, 6) is 0. The Morgan fingerprint density at radius 3 is 2.43 bits per heavy atom. The summed E-state index contributed by atoms with van der Waals surface area (Å²) in [6.45, 7) is 5.91. The number of para-hydroxylation sites is 1. The molecule has 4 nitrogen and oxygen atoms in total. The summed E-state index contributed by atoms with van der Waals surface area (Å²) >= 11 is 1.68. The Labute approximate surface area is 130 Å². The van der Waals surface area contributed by atoms with Crippen LogP contribution < -0.4 is 10.0 Å². The maximum absolute atomic E-state index is 12.6. The molecule has 6 heteroatoms. The number of aryl methyl sites for hydroxylation is 2. The van der Waals surface area contributed by atoms with Gasteiger partial charge in [0.05, 0.1) is 5.69 Å². The Balaban J connectivity index is 2.31. The van der Waals surface area contributed by atoms with Crippen LogP contribution in [0.15, 0.2) is 35.2 Å². The SMILES string of the molecule is CNc1ccccc1S(=O)(=O)NC(C)c1cc(C)sc1C. The smallest absolute Gasteiger partial charge is 0.243 e. The van der Waals surface area contributed by atoms with Crippen LogP contribution in [0, 0.1) is 13.8 Å². The summed E-state index contributed by atoms with van der Waals surface area (Å²) in [7, 11) is -1.85. The molecule has 1 atom stereocenters. The van der Waals surface area contributed by atoms with E-state index in [1.165, 1.54) is 4.88 Å². The molecule has 0 aliphatic heterocycles. The van der Waals surface area contributed by atoms with Gasteiger partial charge in [-0.3, -0.25) is 0 Å². The van der Waals surface area contributed by atoms with Crippen LogP contribution in [-0.2, 0) is 10.0 Å². The molecular formula is C15H20N2O2S2. The highest BCUT2D eigenvalue weighted by Crippen LogP contribution is 2.28. The minimum atomic E-state index is -3.57. The molecule has 2 N–H and O–H groups in total. The van der Waals surface area contributed by atoms with Gasteiger partial charge in [0.25, 0.3) is 0 Å². The van der Waals surface area contributed by atoms with Gasteiger partial charge in [0.15, 0.2) is 0 Å². The number of rotatable bonds is 5. The van der Waals surface area contributed by atoms with Crippen LogP contribution in [0.4, 0.5) is 5.69 Å². The van der Waals surface area contributed by atoms with Gasteiger partial charge in [-0.05, 0) is 44.5 Å². The predicted molar refractivity (Wildman–Crippen MR) is 88.5 cm³/mol. The second-order valence-electron chi connectivity index (χ2n) is 4.96. The second kappa shape index (κ2) is 6.17. The number of nitrogens with one attached hydrogen (secondary N) is 2. The molecule has 0 radical (unpaired) electrons. The lowest BCUT2D eigenvalue weighted by atomic mass is 10.1. The maximum Gasteiger partial charge on any atom is 0.243 e. The Kier molecular flexibility index (Phi) is 4.70. The lowest BCUT2D eigenvalue weighted by Crippen LogP contribution is -2.27. The molecule has 2 rings (SSSR count). The summed E-state index contributed by atoms with van der Waals surface area (Å²) in [6, 6.07) is 8.66. The minimum Gasteiger partial charge on any atom is -0.387 e. The number of sulfonamides is 1. The third kappa shape index (κ3) is 3.45. The van der Waals surface area contributed by atoms with E-state index >= 15 is 0 Å². The van der Waals surface area contributed by atoms with Crippen molar-refractivity contribution < 1.29 is 8.42 Å². The summed E-state index contributed by atoms with van der Waals surface area (Å²) < 4.78 is 27.9. The molecule has 1 unspecified atom stereocenters. The van der Waals surface area contributed by atoms with Crippen LogP contribution in [0.1, 0.15) is 28.3 Å². The van der Waals surface area contributed by atoms with Crippen molar-refractivity contribution in [2.75, 3.05) is 12.4 Å². The normalized spacial score (nSPS) is 13.1. The zero-order chi connectivity index (χ0) is 15.6. The lowest BCUT2D eigenvalue weighted by molar-refractivity contribution is 0.567. The molecule has 0 bridgehead atoms. The molecule has 114 valence electrons. The van der Waals surface area contributed by atoms with Gasteiger partial charge in [-0.25, -0.2) is 13.1 Å². The Morgan fingerprint density at radius 2 is 1.86 bits per heavy atom. The predicted octanol–water partition coefficient (Wildman–Crippen LogP) is 3.45. The molecule has 0 aliphatic carbocycles. The van der Waals surface area contributed by atoms with E-state index in [9.17, 15) is 8.42 Å². The molecule has 2 aromatic rings. The highest BCUT2D eigenvalue weighted by molar-refractivity contribution is 7.89. The van der Waals surface area contributed by atoms with E-state index in [4.69, 9.17) is 0 Å². The van der Waals surface area contributed by atoms with Gasteiger partial charge in [-0.2, -0.15) is 0 Å². The topological polar surface area (TPSA) is 58.2 Å². The van der Waals surface area contributed by atoms with E-state index in [0.717, 1.165) is 10.4 Å². The summed E-state index contributed by atoms with van der Waals surface area (Å²) in [4.78, 5) is 2.60. The first kappa shape index (κ1) is 16.0. The number of benzene rings is 1. The summed E-state index contributed by atoms with van der Waals surface area (Å²) in [5.41, 5.74) is 1.62. The standard InChI is InChI=1S/C15H20N2O2S2/c1-10-9-13(12(3)20-10)11(2)17-21(18,19)15-8-6-5-7-14(15)16-4/h5-9,11,16-17H,1-4H3. The number of anilines is 1. The van der Waals surface area contributed by atoms with Crippen molar-refractivity contribution in [3.05, 3.63) is 45.6 Å². The Hall–Kier alpha value is -1.37. The average molecular weight is 324 g/mol. The fourth-order valence-corrected chi connectivity index (χ4v) is 4.81. The molecule has 1 aromatic carbocycles. The van der Waals surface area contributed by atoms with E-state index in [-0.39, 0.29) is 10.9 Å². The maximum atomic E-state index is 12.6. The van der Waals surface area contributed by atoms with Crippen molar-refractivity contribution in [2.45, 2.75) is 31.7 Å². The number of hydrogen-bond donors (Lipinski definition) is 2. The molecule has 0 aliphatic rings. The van der Waals surface area contributed by atoms with Crippen molar-refractivity contribution in [3.63, 3.8) is 0 Å². The van der Waals surface area contributed by atoms with E-state index in [1.807, 2.05) is 26.8 Å². The van der Waals surface area contributed by atoms with Crippen LogP contribution in [-0.4, -0.2) is 15.5 Å². The average Bonchev–Trinajstić information content (AvgIpc) is 2.77. The number of hydrogen-bond acceptors (Lipinski definition) is 4. The zero-order valence-electron chi connectivity index (χ0n) is 12.6. The first-order valence-electron chi connectivity index (χ1n) is 6.71. The quantitative estimate of drug-likeness (QED) is 0.885. The van der Waals surface area contributed by atoms with Crippen molar-refractivity contribution in [2.24, 2.45) is 0 Å². The first-order valence-corrected chi connectivity index (χ1v) is 9.01. The van der Waals surface area contributed by atoms with E-state index in [2.05, 4.69) is 10.0 Å². The Bertz CT molecular complexity index is 736. The van der Waals surface area contributed by atoms with Crippen LogP contribution in [0.25, 0.3) is 0 Å². The first-order chi connectivity index (χ1) is 9.85. The van der Waals surface area contributed by atoms with E-state index in [0.29, 0.717) is 5.69 Å².